The maximum atomic E-state index is 13.1. The number of phenols is 1. The summed E-state index contributed by atoms with van der Waals surface area (Å²) < 4.78 is 28.4. The SMILES string of the molecule is C=O.O=C1C=CC2C(=C1)Oc1cc(O)ccc1C2c1ccc(C(=O)NCCCCCC(=O)NCc2ccc(C(=O)N[C@H](O)COP(=O)(O)N[C@@H](CCC(=O)O)C(=O)O)cc2)cc1OCO. The van der Waals surface area contributed by atoms with Gasteiger partial charge in [-0.1, -0.05) is 36.8 Å². The number of allylic oxidation sites excluding steroid dienone is 3. The van der Waals surface area contributed by atoms with E-state index in [-0.39, 0.29) is 59.1 Å². The van der Waals surface area contributed by atoms with Crippen molar-refractivity contribution in [2.75, 3.05) is 19.9 Å². The molecule has 1 aliphatic carbocycles. The molecule has 22 heteroatoms. The molecule has 21 nitrogen and oxygen atoms in total. The van der Waals surface area contributed by atoms with E-state index in [1.54, 1.807) is 41.5 Å². The fourth-order valence-electron chi connectivity index (χ4n) is 6.78. The van der Waals surface area contributed by atoms with Crippen LogP contribution in [-0.2, 0) is 39.6 Å². The van der Waals surface area contributed by atoms with E-state index in [1.807, 2.05) is 6.79 Å². The number of fused-ring (bicyclic) bond motifs is 2. The zero-order valence-electron chi connectivity index (χ0n) is 34.7. The Labute approximate surface area is 371 Å². The Kier molecular flexibility index (Phi) is 19.1. The van der Waals surface area contributed by atoms with Crippen molar-refractivity contribution in [2.45, 2.75) is 63.3 Å². The van der Waals surface area contributed by atoms with Gasteiger partial charge in [-0.15, -0.1) is 0 Å². The summed E-state index contributed by atoms with van der Waals surface area (Å²) in [5.41, 5.74) is 2.41. The Hall–Kier alpha value is -6.74. The van der Waals surface area contributed by atoms with Gasteiger partial charge in [0.1, 0.15) is 42.4 Å². The zero-order valence-corrected chi connectivity index (χ0v) is 35.6. The van der Waals surface area contributed by atoms with Crippen molar-refractivity contribution < 1.29 is 82.6 Å². The third-order valence-corrected chi connectivity index (χ3v) is 11.0. The van der Waals surface area contributed by atoms with Crippen LogP contribution < -0.4 is 30.5 Å². The van der Waals surface area contributed by atoms with E-state index in [0.717, 1.165) is 5.56 Å². The van der Waals surface area contributed by atoms with Crippen LogP contribution in [0.2, 0.25) is 0 Å². The van der Waals surface area contributed by atoms with E-state index < -0.39 is 70.0 Å². The molecular weight excluding hydrogens is 875 g/mol. The topological polar surface area (TPSA) is 334 Å². The van der Waals surface area contributed by atoms with Crippen LogP contribution in [0.3, 0.4) is 0 Å². The van der Waals surface area contributed by atoms with Crippen LogP contribution in [0.4, 0.5) is 0 Å². The normalized spacial score (nSPS) is 16.6. The number of ketones is 1. The molecule has 3 amide bonds. The molecule has 0 spiro atoms. The quantitative estimate of drug-likeness (QED) is 0.0371. The van der Waals surface area contributed by atoms with Crippen molar-refractivity contribution in [2.24, 2.45) is 5.92 Å². The number of aliphatic hydroxyl groups excluding tert-OH is 2. The molecular formula is C43H49N4O17P. The monoisotopic (exact) mass is 924 g/mol. The Morgan fingerprint density at radius 1 is 0.877 bits per heavy atom. The number of ether oxygens (including phenoxy) is 2. The van der Waals surface area contributed by atoms with E-state index in [1.165, 1.54) is 42.5 Å². The van der Waals surface area contributed by atoms with E-state index in [9.17, 15) is 53.5 Å². The molecule has 0 bridgehead atoms. The predicted octanol–water partition coefficient (Wildman–Crippen LogP) is 2.38. The molecule has 3 aromatic rings. The molecule has 1 aliphatic heterocycles. The second-order valence-corrected chi connectivity index (χ2v) is 16.0. The summed E-state index contributed by atoms with van der Waals surface area (Å²) in [6, 6.07) is 13.9. The molecule has 2 aliphatic rings. The number of rotatable bonds is 23. The number of phenolic OH excluding ortho intramolecular Hbond substituents is 1. The van der Waals surface area contributed by atoms with Crippen LogP contribution in [0.15, 0.2) is 84.7 Å². The van der Waals surface area contributed by atoms with Crippen LogP contribution in [0.5, 0.6) is 17.2 Å². The van der Waals surface area contributed by atoms with E-state index in [2.05, 4.69) is 20.5 Å². The second-order valence-electron chi connectivity index (χ2n) is 14.5. The van der Waals surface area contributed by atoms with Gasteiger partial charge in [0.25, 0.3) is 11.8 Å². The highest BCUT2D eigenvalue weighted by atomic mass is 31.2. The third-order valence-electron chi connectivity index (χ3n) is 9.87. The highest BCUT2D eigenvalue weighted by molar-refractivity contribution is 7.50. The van der Waals surface area contributed by atoms with Crippen molar-refractivity contribution in [3.63, 3.8) is 0 Å². The number of nitrogens with one attached hydrogen (secondary N) is 4. The fourth-order valence-corrected chi connectivity index (χ4v) is 7.83. The minimum absolute atomic E-state index is 0.0163. The number of carboxylic acids is 2. The van der Waals surface area contributed by atoms with Crippen molar-refractivity contribution >= 4 is 50.0 Å². The fraction of sp³-hybridized carbons (Fsp3) is 0.326. The number of carbonyl (C=O) groups is 7. The van der Waals surface area contributed by atoms with Gasteiger partial charge in [0.05, 0.1) is 0 Å². The Balaban J connectivity index is 0.00000456. The lowest BCUT2D eigenvalue weighted by Gasteiger charge is -2.35. The molecule has 65 heavy (non-hydrogen) atoms. The minimum atomic E-state index is -4.81. The van der Waals surface area contributed by atoms with Crippen molar-refractivity contribution in [3.8, 4) is 17.2 Å². The smallest absolute Gasteiger partial charge is 0.403 e. The summed E-state index contributed by atoms with van der Waals surface area (Å²) in [6.07, 6.45) is 3.69. The third kappa shape index (κ3) is 15.2. The van der Waals surface area contributed by atoms with Crippen molar-refractivity contribution in [3.05, 3.63) is 112 Å². The molecule has 0 fully saturated rings. The second kappa shape index (κ2) is 24.4. The Bertz CT molecular complexity index is 2320. The first-order chi connectivity index (χ1) is 31.0. The lowest BCUT2D eigenvalue weighted by molar-refractivity contribution is -0.140. The van der Waals surface area contributed by atoms with Crippen LogP contribution in [-0.4, -0.2) is 105 Å². The molecule has 3 aromatic carbocycles. The molecule has 0 saturated heterocycles. The van der Waals surface area contributed by atoms with Gasteiger partial charge in [-0.3, -0.25) is 33.3 Å². The van der Waals surface area contributed by atoms with E-state index >= 15 is 0 Å². The number of amides is 3. The predicted molar refractivity (Wildman–Crippen MR) is 227 cm³/mol. The van der Waals surface area contributed by atoms with Crippen LogP contribution in [0, 0.1) is 5.92 Å². The van der Waals surface area contributed by atoms with Gasteiger partial charge in [-0.25, -0.2) is 9.65 Å². The molecule has 0 aromatic heterocycles. The number of hydrogen-bond donors (Lipinski definition) is 10. The molecule has 0 saturated carbocycles. The number of aliphatic carboxylic acids is 2. The van der Waals surface area contributed by atoms with Gasteiger partial charge in [0.15, 0.2) is 18.8 Å². The Morgan fingerprint density at radius 2 is 1.58 bits per heavy atom. The lowest BCUT2D eigenvalue weighted by atomic mass is 9.75. The molecule has 5 rings (SSSR count). The number of aliphatic hydroxyl groups is 2. The molecule has 3 unspecified atom stereocenters. The lowest BCUT2D eigenvalue weighted by Crippen LogP contribution is -2.39. The molecule has 5 atom stereocenters. The highest BCUT2D eigenvalue weighted by Gasteiger charge is 2.38. The number of hydrogen-bond acceptors (Lipinski definition) is 14. The molecule has 348 valence electrons. The van der Waals surface area contributed by atoms with Crippen LogP contribution >= 0.6 is 7.75 Å². The molecule has 1 heterocycles. The zero-order chi connectivity index (χ0) is 47.7. The summed E-state index contributed by atoms with van der Waals surface area (Å²) >= 11 is 0. The van der Waals surface area contributed by atoms with Gasteiger partial charge in [-0.05, 0) is 61.2 Å². The maximum Gasteiger partial charge on any atom is 0.403 e. The largest absolute Gasteiger partial charge is 0.508 e. The summed E-state index contributed by atoms with van der Waals surface area (Å²) in [5.74, 6) is -4.30. The molecule has 10 N–H and O–H groups in total. The first-order valence-corrected chi connectivity index (χ1v) is 21.5. The summed E-state index contributed by atoms with van der Waals surface area (Å²) in [5, 5.41) is 57.3. The number of aromatic hydroxyl groups is 1. The van der Waals surface area contributed by atoms with Gasteiger partial charge in [0, 0.05) is 72.2 Å². The number of carbonyl (C=O) groups excluding carboxylic acids is 5. The number of benzene rings is 3. The van der Waals surface area contributed by atoms with Gasteiger partial charge in [-0.2, -0.15) is 0 Å². The summed E-state index contributed by atoms with van der Waals surface area (Å²) in [4.78, 5) is 90.1. The first-order valence-electron chi connectivity index (χ1n) is 20.0. The van der Waals surface area contributed by atoms with Crippen molar-refractivity contribution in [1.29, 1.82) is 0 Å². The summed E-state index contributed by atoms with van der Waals surface area (Å²) in [7, 11) is -4.81. The number of carboxylic acid groups (broad SMARTS) is 2. The van der Waals surface area contributed by atoms with Gasteiger partial charge < -0.3 is 60.6 Å². The summed E-state index contributed by atoms with van der Waals surface area (Å²) in [6.45, 7) is 0.935. The average Bonchev–Trinajstić information content (AvgIpc) is 3.27. The van der Waals surface area contributed by atoms with E-state index in [0.29, 0.717) is 48.4 Å². The maximum absolute atomic E-state index is 13.1. The minimum Gasteiger partial charge on any atom is -0.508 e. The standard InChI is InChI=1S/C42H47N4O16P.CH2O/c47-23-60-33-18-26(9-12-29(33)39-30-13-10-27(48)19-34(30)62-35-20-28(49)11-14-31(35)39)40(54)43-17-3-1-2-4-36(50)44-21-24-5-7-25(8-6-24)41(55)45-37(51)22-61-63(58,59)46-32(42(56)57)15-16-38(52)53;1-2/h5-14,18-20,30,32,37,39,47,49,51H,1-4,15-17,21-23H2,(H,43,54)(H,44,50)(H,45,55)(H,52,53)(H,56,57)(H2,46,58,59);1H2/t30?,32-,37+,39?;/m0./s1. The van der Waals surface area contributed by atoms with Gasteiger partial charge >= 0.3 is 19.7 Å². The average molecular weight is 925 g/mol. The van der Waals surface area contributed by atoms with Crippen LogP contribution in [0.1, 0.15) is 81.8 Å². The van der Waals surface area contributed by atoms with Crippen molar-refractivity contribution in [1.82, 2.24) is 21.0 Å². The highest BCUT2D eigenvalue weighted by Crippen LogP contribution is 2.50. The first kappa shape index (κ1) is 50.9. The van der Waals surface area contributed by atoms with Gasteiger partial charge in [0.2, 0.25) is 5.91 Å². The van der Waals surface area contributed by atoms with E-state index in [4.69, 9.17) is 24.5 Å². The molecule has 0 radical (unpaired) electrons. The number of unbranched alkanes of at least 4 members (excludes halogenated alkanes) is 2. The Morgan fingerprint density at radius 3 is 2.28 bits per heavy atom. The van der Waals surface area contributed by atoms with Crippen LogP contribution in [0.25, 0.3) is 0 Å².